The van der Waals surface area contributed by atoms with E-state index in [0.717, 1.165) is 35.0 Å². The molecule has 0 fully saturated rings. The number of hydrogen-bond donors (Lipinski definition) is 2. The molecule has 0 atom stereocenters. The molecular formula is C19H19ClN6O2S. The lowest BCUT2D eigenvalue weighted by Gasteiger charge is -2.11. The highest BCUT2D eigenvalue weighted by Crippen LogP contribution is 2.36. The molecule has 2 N–H and O–H groups in total. The first-order chi connectivity index (χ1) is 14.1. The van der Waals surface area contributed by atoms with Gasteiger partial charge in [-0.25, -0.2) is 9.67 Å². The molecular weight excluding hydrogens is 412 g/mol. The lowest BCUT2D eigenvalue weighted by molar-refractivity contribution is -0.136. The molecule has 29 heavy (non-hydrogen) atoms. The average Bonchev–Trinajstić information content (AvgIpc) is 3.45. The van der Waals surface area contributed by atoms with Crippen LogP contribution in [0.15, 0.2) is 43.0 Å². The zero-order chi connectivity index (χ0) is 20.2. The van der Waals surface area contributed by atoms with E-state index in [4.69, 9.17) is 11.6 Å². The second-order valence-corrected chi connectivity index (χ2v) is 7.94. The molecule has 1 aliphatic heterocycles. The minimum Gasteiger partial charge on any atom is -0.348 e. The van der Waals surface area contributed by atoms with Crippen molar-refractivity contribution in [3.05, 3.63) is 59.3 Å². The van der Waals surface area contributed by atoms with E-state index in [-0.39, 0.29) is 0 Å². The fraction of sp³-hybridized carbons (Fsp3) is 0.263. The van der Waals surface area contributed by atoms with E-state index < -0.39 is 11.8 Å². The van der Waals surface area contributed by atoms with Crippen LogP contribution in [0.3, 0.4) is 0 Å². The van der Waals surface area contributed by atoms with E-state index in [1.54, 1.807) is 41.1 Å². The zero-order valence-corrected chi connectivity index (χ0v) is 17.0. The van der Waals surface area contributed by atoms with E-state index in [1.807, 2.05) is 22.9 Å². The zero-order valence-electron chi connectivity index (χ0n) is 15.5. The number of carbonyl (C=O) groups is 2. The van der Waals surface area contributed by atoms with Crippen molar-refractivity contribution >= 4 is 41.0 Å². The first-order valence-electron chi connectivity index (χ1n) is 9.11. The SMILES string of the molecule is O=C(NCCCn1ccnc1)C(=O)Nc1c2c(nn1-c1ccc(Cl)cc1)CSC2. The molecule has 0 saturated heterocycles. The molecule has 3 aromatic rings. The fourth-order valence-electron chi connectivity index (χ4n) is 3.04. The maximum absolute atomic E-state index is 12.5. The van der Waals surface area contributed by atoms with E-state index in [9.17, 15) is 9.59 Å². The second-order valence-electron chi connectivity index (χ2n) is 6.52. The van der Waals surface area contributed by atoms with Crippen molar-refractivity contribution in [1.82, 2.24) is 24.6 Å². The van der Waals surface area contributed by atoms with Crippen LogP contribution in [0.5, 0.6) is 0 Å². The maximum atomic E-state index is 12.5. The van der Waals surface area contributed by atoms with E-state index in [1.165, 1.54) is 0 Å². The van der Waals surface area contributed by atoms with Gasteiger partial charge in [0.05, 0.1) is 17.7 Å². The third kappa shape index (κ3) is 4.46. The molecule has 0 aliphatic carbocycles. The van der Waals surface area contributed by atoms with E-state index >= 15 is 0 Å². The van der Waals surface area contributed by atoms with E-state index in [0.29, 0.717) is 23.8 Å². The maximum Gasteiger partial charge on any atom is 0.314 e. The van der Waals surface area contributed by atoms with Gasteiger partial charge < -0.3 is 15.2 Å². The van der Waals surface area contributed by atoms with Crippen LogP contribution in [0.4, 0.5) is 5.82 Å². The van der Waals surface area contributed by atoms with E-state index in [2.05, 4.69) is 20.7 Å². The quantitative estimate of drug-likeness (QED) is 0.463. The molecule has 0 unspecified atom stereocenters. The van der Waals surface area contributed by atoms with Crippen LogP contribution >= 0.6 is 23.4 Å². The Bertz CT molecular complexity index is 1020. The Morgan fingerprint density at radius 3 is 2.76 bits per heavy atom. The van der Waals surface area contributed by atoms with Gasteiger partial charge in [0.25, 0.3) is 0 Å². The Morgan fingerprint density at radius 1 is 1.17 bits per heavy atom. The lowest BCUT2D eigenvalue weighted by Crippen LogP contribution is -2.36. The topological polar surface area (TPSA) is 93.8 Å². The van der Waals surface area contributed by atoms with Crippen LogP contribution in [0.2, 0.25) is 5.02 Å². The summed E-state index contributed by atoms with van der Waals surface area (Å²) in [7, 11) is 0. The van der Waals surface area contributed by atoms with Crippen LogP contribution in [0.1, 0.15) is 17.7 Å². The summed E-state index contributed by atoms with van der Waals surface area (Å²) in [6.07, 6.45) is 5.97. The predicted molar refractivity (Wildman–Crippen MR) is 112 cm³/mol. The minimum absolute atomic E-state index is 0.398. The van der Waals surface area contributed by atoms with Crippen LogP contribution in [-0.4, -0.2) is 37.7 Å². The first-order valence-corrected chi connectivity index (χ1v) is 10.6. The number of fused-ring (bicyclic) bond motifs is 1. The van der Waals surface area contributed by atoms with Gasteiger partial charge in [-0.2, -0.15) is 16.9 Å². The third-order valence-corrected chi connectivity index (χ3v) is 5.72. The number of carbonyl (C=O) groups excluding carboxylic acids is 2. The summed E-state index contributed by atoms with van der Waals surface area (Å²) in [4.78, 5) is 28.7. The second kappa shape index (κ2) is 8.71. The average molecular weight is 431 g/mol. The highest BCUT2D eigenvalue weighted by Gasteiger charge is 2.26. The summed E-state index contributed by atoms with van der Waals surface area (Å²) in [5.41, 5.74) is 2.64. The molecule has 10 heteroatoms. The van der Waals surface area contributed by atoms with Gasteiger partial charge >= 0.3 is 11.8 Å². The summed E-state index contributed by atoms with van der Waals surface area (Å²) < 4.78 is 3.57. The van der Waals surface area contributed by atoms with Crippen molar-refractivity contribution in [2.75, 3.05) is 11.9 Å². The van der Waals surface area contributed by atoms with Crippen molar-refractivity contribution < 1.29 is 9.59 Å². The monoisotopic (exact) mass is 430 g/mol. The number of amides is 2. The molecule has 0 bridgehead atoms. The van der Waals surface area contributed by atoms with Crippen LogP contribution in [-0.2, 0) is 27.6 Å². The Balaban J connectivity index is 1.42. The Labute approximate surface area is 176 Å². The molecule has 4 rings (SSSR count). The van der Waals surface area contributed by atoms with Gasteiger partial charge in [0, 0.05) is 47.6 Å². The van der Waals surface area contributed by atoms with Crippen molar-refractivity contribution in [3.8, 4) is 5.69 Å². The number of thioether (sulfide) groups is 1. The molecule has 2 aromatic heterocycles. The minimum atomic E-state index is -0.706. The standard InChI is InChI=1S/C19H19ClN6O2S/c20-13-2-4-14(5-3-13)26-17(15-10-29-11-16(15)24-26)23-19(28)18(27)22-6-1-8-25-9-7-21-12-25/h2-5,7,9,12H,1,6,8,10-11H2,(H,22,27)(H,23,28). The highest BCUT2D eigenvalue weighted by molar-refractivity contribution is 7.98. The molecule has 150 valence electrons. The van der Waals surface area contributed by atoms with Gasteiger partial charge in [0.15, 0.2) is 0 Å². The smallest absolute Gasteiger partial charge is 0.314 e. The van der Waals surface area contributed by atoms with Crippen molar-refractivity contribution in [3.63, 3.8) is 0 Å². The van der Waals surface area contributed by atoms with Crippen LogP contribution in [0, 0.1) is 0 Å². The van der Waals surface area contributed by atoms with Gasteiger partial charge in [-0.15, -0.1) is 0 Å². The van der Waals surface area contributed by atoms with Gasteiger partial charge in [0.2, 0.25) is 0 Å². The fourth-order valence-corrected chi connectivity index (χ4v) is 4.20. The molecule has 0 spiro atoms. The Hall–Kier alpha value is -2.78. The van der Waals surface area contributed by atoms with Crippen molar-refractivity contribution in [2.45, 2.75) is 24.5 Å². The predicted octanol–water partition coefficient (Wildman–Crippen LogP) is 2.61. The molecule has 8 nitrogen and oxygen atoms in total. The molecule has 0 saturated carbocycles. The molecule has 3 heterocycles. The molecule has 1 aliphatic rings. The van der Waals surface area contributed by atoms with Crippen LogP contribution < -0.4 is 10.6 Å². The van der Waals surface area contributed by atoms with Gasteiger partial charge in [-0.3, -0.25) is 9.59 Å². The summed E-state index contributed by atoms with van der Waals surface area (Å²) in [6, 6.07) is 7.17. The number of aromatic nitrogens is 4. The Kier molecular flexibility index (Phi) is 5.86. The number of nitrogens with one attached hydrogen (secondary N) is 2. The largest absolute Gasteiger partial charge is 0.348 e. The third-order valence-electron chi connectivity index (χ3n) is 4.50. The van der Waals surface area contributed by atoms with Gasteiger partial charge in [0.1, 0.15) is 5.82 Å². The summed E-state index contributed by atoms with van der Waals surface area (Å²) >= 11 is 7.70. The number of anilines is 1. The number of imidazole rings is 1. The number of rotatable bonds is 6. The number of hydrogen-bond acceptors (Lipinski definition) is 5. The first kappa shape index (κ1) is 19.5. The highest BCUT2D eigenvalue weighted by atomic mass is 35.5. The number of benzene rings is 1. The van der Waals surface area contributed by atoms with Crippen molar-refractivity contribution in [1.29, 1.82) is 0 Å². The number of aryl methyl sites for hydroxylation is 1. The summed E-state index contributed by atoms with van der Waals surface area (Å²) in [6.45, 7) is 1.12. The van der Waals surface area contributed by atoms with Gasteiger partial charge in [-0.1, -0.05) is 11.6 Å². The molecule has 0 radical (unpaired) electrons. The summed E-state index contributed by atoms with van der Waals surface area (Å²) in [5, 5.41) is 10.6. The molecule has 2 amide bonds. The summed E-state index contributed by atoms with van der Waals surface area (Å²) in [5.74, 6) is 0.678. The van der Waals surface area contributed by atoms with Crippen LogP contribution in [0.25, 0.3) is 5.69 Å². The number of halogens is 1. The van der Waals surface area contributed by atoms with Gasteiger partial charge in [-0.05, 0) is 30.7 Å². The molecule has 1 aromatic carbocycles. The number of nitrogens with zero attached hydrogens (tertiary/aromatic N) is 4. The lowest BCUT2D eigenvalue weighted by atomic mass is 10.2. The van der Waals surface area contributed by atoms with Crippen molar-refractivity contribution in [2.24, 2.45) is 0 Å². The Morgan fingerprint density at radius 2 is 2.00 bits per heavy atom. The normalized spacial score (nSPS) is 12.6.